The molecule has 1 N–H and O–H groups in total. The van der Waals surface area contributed by atoms with E-state index in [1.165, 1.54) is 0 Å². The van der Waals surface area contributed by atoms with E-state index in [4.69, 9.17) is 4.42 Å². The number of nitrogens with one attached hydrogen (secondary N) is 1. The summed E-state index contributed by atoms with van der Waals surface area (Å²) in [5, 5.41) is 2.79. The second-order valence-corrected chi connectivity index (χ2v) is 5.88. The van der Waals surface area contributed by atoms with Crippen LogP contribution >= 0.6 is 0 Å². The molecule has 2 unspecified atom stereocenters. The number of carbonyl (C=O) groups is 2. The number of nitrogens with zero attached hydrogens (tertiary/aromatic N) is 1. The van der Waals surface area contributed by atoms with E-state index in [0.29, 0.717) is 12.2 Å². The summed E-state index contributed by atoms with van der Waals surface area (Å²) < 4.78 is 5.62. The van der Waals surface area contributed by atoms with Gasteiger partial charge in [-0.15, -0.1) is 0 Å². The second-order valence-electron chi connectivity index (χ2n) is 5.88. The molecule has 2 atom stereocenters. The van der Waals surface area contributed by atoms with Crippen LogP contribution < -0.4 is 5.32 Å². The highest BCUT2D eigenvalue weighted by molar-refractivity contribution is 5.99. The molecule has 5 heteroatoms. The third kappa shape index (κ3) is 2.32. The van der Waals surface area contributed by atoms with E-state index in [9.17, 15) is 9.59 Å². The zero-order valence-corrected chi connectivity index (χ0v) is 12.7. The number of piperazine rings is 1. The SMILES string of the molecule is CCC1C(=O)NC(C)(C)C(=O)N1C(C)c1ccc(C)o1. The van der Waals surface area contributed by atoms with Crippen molar-refractivity contribution in [1.82, 2.24) is 10.2 Å². The van der Waals surface area contributed by atoms with Crippen molar-refractivity contribution in [2.24, 2.45) is 0 Å². The van der Waals surface area contributed by atoms with Gasteiger partial charge in [-0.05, 0) is 46.2 Å². The van der Waals surface area contributed by atoms with Crippen molar-refractivity contribution in [1.29, 1.82) is 0 Å². The average molecular weight is 278 g/mol. The second kappa shape index (κ2) is 4.96. The fraction of sp³-hybridized carbons (Fsp3) is 0.600. The maximum atomic E-state index is 12.7. The largest absolute Gasteiger partial charge is 0.464 e. The van der Waals surface area contributed by atoms with Gasteiger partial charge in [0, 0.05) is 0 Å². The third-order valence-electron chi connectivity index (χ3n) is 3.82. The smallest absolute Gasteiger partial charge is 0.249 e. The quantitative estimate of drug-likeness (QED) is 0.921. The zero-order chi connectivity index (χ0) is 15.1. The third-order valence-corrected chi connectivity index (χ3v) is 3.82. The molecule has 2 amide bonds. The minimum atomic E-state index is -0.876. The van der Waals surface area contributed by atoms with Crippen molar-refractivity contribution < 1.29 is 14.0 Å². The Labute approximate surface area is 119 Å². The molecule has 0 saturated carbocycles. The summed E-state index contributed by atoms with van der Waals surface area (Å²) in [7, 11) is 0. The number of carbonyl (C=O) groups excluding carboxylic acids is 2. The fourth-order valence-corrected chi connectivity index (χ4v) is 2.68. The first-order chi connectivity index (χ1) is 9.27. The van der Waals surface area contributed by atoms with Crippen molar-refractivity contribution in [3.05, 3.63) is 23.7 Å². The Morgan fingerprint density at radius 2 is 2.05 bits per heavy atom. The molecule has 0 bridgehead atoms. The van der Waals surface area contributed by atoms with Gasteiger partial charge in [0.15, 0.2) is 0 Å². The van der Waals surface area contributed by atoms with E-state index in [-0.39, 0.29) is 17.9 Å². The monoisotopic (exact) mass is 278 g/mol. The Morgan fingerprint density at radius 3 is 2.55 bits per heavy atom. The molecule has 0 aromatic carbocycles. The topological polar surface area (TPSA) is 62.6 Å². The maximum Gasteiger partial charge on any atom is 0.249 e. The van der Waals surface area contributed by atoms with E-state index in [0.717, 1.165) is 5.76 Å². The van der Waals surface area contributed by atoms with Crippen LogP contribution in [0.25, 0.3) is 0 Å². The van der Waals surface area contributed by atoms with Gasteiger partial charge in [0.2, 0.25) is 11.8 Å². The highest BCUT2D eigenvalue weighted by Gasteiger charge is 2.46. The van der Waals surface area contributed by atoms with Crippen LogP contribution in [0.3, 0.4) is 0 Å². The van der Waals surface area contributed by atoms with Gasteiger partial charge in [0.05, 0.1) is 6.04 Å². The van der Waals surface area contributed by atoms with Crippen molar-refractivity contribution in [2.75, 3.05) is 0 Å². The lowest BCUT2D eigenvalue weighted by molar-refractivity contribution is -0.156. The molecule has 5 nitrogen and oxygen atoms in total. The molecule has 2 heterocycles. The molecule has 0 radical (unpaired) electrons. The van der Waals surface area contributed by atoms with Crippen LogP contribution in [-0.4, -0.2) is 28.3 Å². The summed E-state index contributed by atoms with van der Waals surface area (Å²) >= 11 is 0. The van der Waals surface area contributed by atoms with Gasteiger partial charge in [0.1, 0.15) is 23.1 Å². The molecule has 20 heavy (non-hydrogen) atoms. The van der Waals surface area contributed by atoms with E-state index >= 15 is 0 Å². The number of hydrogen-bond acceptors (Lipinski definition) is 3. The van der Waals surface area contributed by atoms with Gasteiger partial charge in [-0.3, -0.25) is 9.59 Å². The number of aryl methyl sites for hydroxylation is 1. The number of furan rings is 1. The summed E-state index contributed by atoms with van der Waals surface area (Å²) in [6.45, 7) is 9.12. The molecule has 2 rings (SSSR count). The molecule has 1 aliphatic heterocycles. The van der Waals surface area contributed by atoms with Crippen LogP contribution in [0, 0.1) is 6.92 Å². The average Bonchev–Trinajstić information content (AvgIpc) is 2.79. The van der Waals surface area contributed by atoms with Gasteiger partial charge in [-0.25, -0.2) is 0 Å². The summed E-state index contributed by atoms with van der Waals surface area (Å²) in [5.74, 6) is 1.32. The fourth-order valence-electron chi connectivity index (χ4n) is 2.68. The van der Waals surface area contributed by atoms with Crippen molar-refractivity contribution in [3.63, 3.8) is 0 Å². The summed E-state index contributed by atoms with van der Waals surface area (Å²) in [6.07, 6.45) is 0.581. The normalized spacial score (nSPS) is 23.6. The Kier molecular flexibility index (Phi) is 3.63. The molecule has 110 valence electrons. The van der Waals surface area contributed by atoms with E-state index < -0.39 is 11.6 Å². The maximum absolute atomic E-state index is 12.7. The van der Waals surface area contributed by atoms with Crippen molar-refractivity contribution in [2.45, 2.75) is 58.7 Å². The van der Waals surface area contributed by atoms with Crippen LogP contribution in [0.2, 0.25) is 0 Å². The van der Waals surface area contributed by atoms with Crippen LogP contribution in [0.5, 0.6) is 0 Å². The highest BCUT2D eigenvalue weighted by Crippen LogP contribution is 2.30. The molecule has 1 aromatic rings. The van der Waals surface area contributed by atoms with E-state index in [1.54, 1.807) is 18.7 Å². The minimum Gasteiger partial charge on any atom is -0.464 e. The molecule has 1 fully saturated rings. The lowest BCUT2D eigenvalue weighted by atomic mass is 9.93. The molecule has 1 saturated heterocycles. The van der Waals surface area contributed by atoms with E-state index in [1.807, 2.05) is 32.9 Å². The van der Waals surface area contributed by atoms with Crippen molar-refractivity contribution >= 4 is 11.8 Å². The predicted octanol–water partition coefficient (Wildman–Crippen LogP) is 2.16. The standard InChI is InChI=1S/C15H22N2O3/c1-6-11-13(18)16-15(4,5)14(19)17(11)10(3)12-8-7-9(2)20-12/h7-8,10-11H,6H2,1-5H3,(H,16,18). The number of rotatable bonds is 3. The van der Waals surface area contributed by atoms with Gasteiger partial charge in [-0.1, -0.05) is 6.92 Å². The minimum absolute atomic E-state index is 0.0782. The van der Waals surface area contributed by atoms with Crippen LogP contribution in [0.1, 0.15) is 51.7 Å². The van der Waals surface area contributed by atoms with Gasteiger partial charge >= 0.3 is 0 Å². The van der Waals surface area contributed by atoms with Crippen LogP contribution in [0.4, 0.5) is 0 Å². The van der Waals surface area contributed by atoms with Gasteiger partial charge in [0.25, 0.3) is 0 Å². The first kappa shape index (κ1) is 14.6. The zero-order valence-electron chi connectivity index (χ0n) is 12.7. The molecule has 1 aliphatic rings. The molecule has 0 spiro atoms. The molecule has 0 aliphatic carbocycles. The Hall–Kier alpha value is -1.78. The van der Waals surface area contributed by atoms with Crippen molar-refractivity contribution in [3.8, 4) is 0 Å². The summed E-state index contributed by atoms with van der Waals surface area (Å²) in [5.41, 5.74) is -0.876. The predicted molar refractivity (Wildman–Crippen MR) is 75.0 cm³/mol. The highest BCUT2D eigenvalue weighted by atomic mass is 16.3. The first-order valence-electron chi connectivity index (χ1n) is 6.99. The molecular weight excluding hydrogens is 256 g/mol. The van der Waals surface area contributed by atoms with E-state index in [2.05, 4.69) is 5.32 Å². The van der Waals surface area contributed by atoms with Gasteiger partial charge < -0.3 is 14.6 Å². The molecule has 1 aromatic heterocycles. The Bertz CT molecular complexity index is 533. The molecular formula is C15H22N2O3. The lowest BCUT2D eigenvalue weighted by Crippen LogP contribution is -2.68. The first-order valence-corrected chi connectivity index (χ1v) is 6.99. The summed E-state index contributed by atoms with van der Waals surface area (Å²) in [6, 6.07) is 3.02. The Balaban J connectivity index is 2.38. The van der Waals surface area contributed by atoms with Gasteiger partial charge in [-0.2, -0.15) is 0 Å². The number of hydrogen-bond donors (Lipinski definition) is 1. The van der Waals surface area contributed by atoms with Crippen LogP contribution in [0.15, 0.2) is 16.5 Å². The Morgan fingerprint density at radius 1 is 1.40 bits per heavy atom. The lowest BCUT2D eigenvalue weighted by Gasteiger charge is -2.44. The van der Waals surface area contributed by atoms with Crippen LogP contribution in [-0.2, 0) is 9.59 Å². The summed E-state index contributed by atoms with van der Waals surface area (Å²) in [4.78, 5) is 26.5. The number of amides is 2.